The first-order chi connectivity index (χ1) is 7.10. The highest BCUT2D eigenvalue weighted by Gasteiger charge is 2.29. The first-order valence-corrected chi connectivity index (χ1v) is 5.94. The number of carbonyl (C=O) groups is 1. The van der Waals surface area contributed by atoms with Crippen LogP contribution < -0.4 is 5.32 Å². The van der Waals surface area contributed by atoms with E-state index in [2.05, 4.69) is 10.3 Å². The van der Waals surface area contributed by atoms with Crippen molar-refractivity contribution in [1.29, 1.82) is 0 Å². The van der Waals surface area contributed by atoms with E-state index >= 15 is 0 Å². The van der Waals surface area contributed by atoms with Crippen LogP contribution in [0.3, 0.4) is 0 Å². The van der Waals surface area contributed by atoms with Gasteiger partial charge < -0.3 is 10.3 Å². The first-order valence-electron chi connectivity index (χ1n) is 4.50. The van der Waals surface area contributed by atoms with Gasteiger partial charge in [0.15, 0.2) is 0 Å². The predicted molar refractivity (Wildman–Crippen MR) is 52.6 cm³/mol. The van der Waals surface area contributed by atoms with E-state index in [0.29, 0.717) is 13.1 Å². The summed E-state index contributed by atoms with van der Waals surface area (Å²) < 4.78 is 25.0. The average Bonchev–Trinajstić information content (AvgIpc) is 2.71. The van der Waals surface area contributed by atoms with E-state index in [1.165, 1.54) is 22.8 Å². The minimum absolute atomic E-state index is 0.104. The van der Waals surface area contributed by atoms with Gasteiger partial charge in [0.2, 0.25) is 15.9 Å². The number of sulfonamides is 1. The summed E-state index contributed by atoms with van der Waals surface area (Å²) in [5.41, 5.74) is 0. The molecule has 82 valence electrons. The smallest absolute Gasteiger partial charge is 0.245 e. The maximum atomic E-state index is 11.9. The second-order valence-corrected chi connectivity index (χ2v) is 5.17. The number of nitrogens with zero attached hydrogens (tertiary/aromatic N) is 1. The van der Waals surface area contributed by atoms with Crippen molar-refractivity contribution >= 4 is 15.9 Å². The third-order valence-corrected chi connectivity index (χ3v) is 4.05. The molecule has 0 atom stereocenters. The SMILES string of the molecule is O=C1CN(S(=O)(=O)c2cc[nH]c2)CCN1. The number of aromatic amines is 1. The summed E-state index contributed by atoms with van der Waals surface area (Å²) in [4.78, 5) is 13.9. The van der Waals surface area contributed by atoms with E-state index in [9.17, 15) is 13.2 Å². The van der Waals surface area contributed by atoms with Crippen LogP contribution in [0.15, 0.2) is 23.4 Å². The third kappa shape index (κ3) is 1.88. The lowest BCUT2D eigenvalue weighted by atomic mass is 10.4. The second-order valence-electron chi connectivity index (χ2n) is 3.24. The van der Waals surface area contributed by atoms with Gasteiger partial charge in [-0.2, -0.15) is 4.31 Å². The van der Waals surface area contributed by atoms with Gasteiger partial charge in [-0.1, -0.05) is 0 Å². The van der Waals surface area contributed by atoms with Gasteiger partial charge in [-0.3, -0.25) is 4.79 Å². The Morgan fingerprint density at radius 2 is 2.20 bits per heavy atom. The van der Waals surface area contributed by atoms with Crippen molar-refractivity contribution in [1.82, 2.24) is 14.6 Å². The highest BCUT2D eigenvalue weighted by atomic mass is 32.2. The minimum Gasteiger partial charge on any atom is -0.366 e. The van der Waals surface area contributed by atoms with Gasteiger partial charge >= 0.3 is 0 Å². The zero-order chi connectivity index (χ0) is 10.9. The predicted octanol–water partition coefficient (Wildman–Crippen LogP) is -0.865. The summed E-state index contributed by atoms with van der Waals surface area (Å²) >= 11 is 0. The lowest BCUT2D eigenvalue weighted by molar-refractivity contribution is -0.122. The van der Waals surface area contributed by atoms with E-state index < -0.39 is 10.0 Å². The van der Waals surface area contributed by atoms with Crippen LogP contribution in [-0.4, -0.2) is 43.2 Å². The maximum absolute atomic E-state index is 11.9. The molecular weight excluding hydrogens is 218 g/mol. The lowest BCUT2D eigenvalue weighted by Crippen LogP contribution is -2.49. The van der Waals surface area contributed by atoms with Crippen molar-refractivity contribution in [3.8, 4) is 0 Å². The van der Waals surface area contributed by atoms with Crippen LogP contribution in [0, 0.1) is 0 Å². The molecule has 15 heavy (non-hydrogen) atoms. The lowest BCUT2D eigenvalue weighted by Gasteiger charge is -2.25. The summed E-state index contributed by atoms with van der Waals surface area (Å²) in [5, 5.41) is 2.58. The Balaban J connectivity index is 2.26. The molecule has 0 radical (unpaired) electrons. The van der Waals surface area contributed by atoms with Gasteiger partial charge in [0.05, 0.1) is 11.4 Å². The van der Waals surface area contributed by atoms with Crippen molar-refractivity contribution in [2.45, 2.75) is 4.90 Å². The van der Waals surface area contributed by atoms with E-state index in [4.69, 9.17) is 0 Å². The van der Waals surface area contributed by atoms with E-state index in [1.807, 2.05) is 0 Å². The van der Waals surface area contributed by atoms with Crippen molar-refractivity contribution in [3.63, 3.8) is 0 Å². The topological polar surface area (TPSA) is 82.3 Å². The highest BCUT2D eigenvalue weighted by Crippen LogP contribution is 2.14. The Hall–Kier alpha value is -1.34. The number of piperazine rings is 1. The van der Waals surface area contributed by atoms with E-state index in [-0.39, 0.29) is 17.3 Å². The van der Waals surface area contributed by atoms with Gasteiger partial charge in [-0.15, -0.1) is 0 Å². The molecule has 2 heterocycles. The molecule has 1 fully saturated rings. The number of rotatable bonds is 2. The van der Waals surface area contributed by atoms with E-state index in [1.54, 1.807) is 0 Å². The molecule has 2 rings (SSSR count). The van der Waals surface area contributed by atoms with Gasteiger partial charge in [0.25, 0.3) is 0 Å². The van der Waals surface area contributed by atoms with Gasteiger partial charge in [0.1, 0.15) is 0 Å². The monoisotopic (exact) mass is 229 g/mol. The fraction of sp³-hybridized carbons (Fsp3) is 0.375. The zero-order valence-corrected chi connectivity index (χ0v) is 8.75. The highest BCUT2D eigenvalue weighted by molar-refractivity contribution is 7.89. The number of aromatic nitrogens is 1. The normalized spacial score (nSPS) is 18.8. The van der Waals surface area contributed by atoms with Gasteiger partial charge in [-0.05, 0) is 6.07 Å². The molecule has 1 aliphatic rings. The molecule has 0 spiro atoms. The number of amides is 1. The zero-order valence-electron chi connectivity index (χ0n) is 7.93. The largest absolute Gasteiger partial charge is 0.366 e. The number of hydrogen-bond acceptors (Lipinski definition) is 3. The quantitative estimate of drug-likeness (QED) is 0.692. The number of carbonyl (C=O) groups excluding carboxylic acids is 1. The standard InChI is InChI=1S/C8H11N3O3S/c12-8-6-11(4-3-10-8)15(13,14)7-1-2-9-5-7/h1-2,5,9H,3-4,6H2,(H,10,12). The third-order valence-electron chi connectivity index (χ3n) is 2.21. The van der Waals surface area contributed by atoms with Gasteiger partial charge in [0, 0.05) is 25.5 Å². The molecule has 0 unspecified atom stereocenters. The fourth-order valence-electron chi connectivity index (χ4n) is 1.44. The second kappa shape index (κ2) is 3.67. The minimum atomic E-state index is -3.51. The van der Waals surface area contributed by atoms with Crippen molar-refractivity contribution in [2.75, 3.05) is 19.6 Å². The van der Waals surface area contributed by atoms with Crippen LogP contribution in [0.1, 0.15) is 0 Å². The number of nitrogens with one attached hydrogen (secondary N) is 2. The summed E-state index contributed by atoms with van der Waals surface area (Å²) in [7, 11) is -3.51. The number of hydrogen-bond donors (Lipinski definition) is 2. The summed E-state index contributed by atoms with van der Waals surface area (Å²) in [6.45, 7) is 0.579. The first kappa shape index (κ1) is 10.2. The van der Waals surface area contributed by atoms with Crippen LogP contribution in [0.4, 0.5) is 0 Å². The Kier molecular flexibility index (Phi) is 2.49. The molecule has 7 heteroatoms. The van der Waals surface area contributed by atoms with Crippen molar-refractivity contribution in [3.05, 3.63) is 18.5 Å². The Morgan fingerprint density at radius 3 is 2.80 bits per heavy atom. The molecular formula is C8H11N3O3S. The summed E-state index contributed by atoms with van der Waals surface area (Å²) in [5.74, 6) is -0.264. The molecule has 0 saturated carbocycles. The fourth-order valence-corrected chi connectivity index (χ4v) is 2.81. The Labute approximate surface area is 87.3 Å². The van der Waals surface area contributed by atoms with Crippen LogP contribution in [0.5, 0.6) is 0 Å². The Bertz CT molecular complexity index is 451. The molecule has 1 aromatic rings. The summed E-state index contributed by atoms with van der Waals surface area (Å²) in [6.07, 6.45) is 2.94. The van der Waals surface area contributed by atoms with Crippen LogP contribution in [0.2, 0.25) is 0 Å². The molecule has 0 aliphatic carbocycles. The van der Waals surface area contributed by atoms with Crippen LogP contribution in [0.25, 0.3) is 0 Å². The molecule has 1 aliphatic heterocycles. The molecule has 0 aromatic carbocycles. The maximum Gasteiger partial charge on any atom is 0.245 e. The number of H-pyrrole nitrogens is 1. The molecule has 1 saturated heterocycles. The summed E-state index contributed by atoms with van der Waals surface area (Å²) in [6, 6.07) is 1.47. The van der Waals surface area contributed by atoms with Crippen LogP contribution in [-0.2, 0) is 14.8 Å². The average molecular weight is 229 g/mol. The van der Waals surface area contributed by atoms with Crippen molar-refractivity contribution in [2.24, 2.45) is 0 Å². The Morgan fingerprint density at radius 1 is 1.40 bits per heavy atom. The van der Waals surface area contributed by atoms with Crippen molar-refractivity contribution < 1.29 is 13.2 Å². The molecule has 1 aromatic heterocycles. The molecule has 6 nitrogen and oxygen atoms in total. The van der Waals surface area contributed by atoms with Crippen LogP contribution >= 0.6 is 0 Å². The van der Waals surface area contributed by atoms with Gasteiger partial charge in [-0.25, -0.2) is 8.42 Å². The molecule has 2 N–H and O–H groups in total. The molecule has 0 bridgehead atoms. The van der Waals surface area contributed by atoms with E-state index in [0.717, 1.165) is 0 Å². The molecule has 1 amide bonds.